The summed E-state index contributed by atoms with van der Waals surface area (Å²) in [7, 11) is 1.85. The number of nitrogens with zero attached hydrogens (tertiary/aromatic N) is 2. The minimum absolute atomic E-state index is 0.142. The van der Waals surface area contributed by atoms with Crippen LogP contribution < -0.4 is 5.32 Å². The maximum atomic E-state index is 13.8. The van der Waals surface area contributed by atoms with Crippen LogP contribution in [0.2, 0.25) is 0 Å². The van der Waals surface area contributed by atoms with Crippen molar-refractivity contribution in [1.29, 1.82) is 0 Å². The maximum absolute atomic E-state index is 13.8. The van der Waals surface area contributed by atoms with E-state index in [9.17, 15) is 13.6 Å². The SMILES string of the molecule is CNCC1CCCN1C(=O)c1csc(-c2c(F)cccc2F)n1. The van der Waals surface area contributed by atoms with Gasteiger partial charge in [0.05, 0.1) is 5.56 Å². The molecule has 1 fully saturated rings. The van der Waals surface area contributed by atoms with Gasteiger partial charge in [0, 0.05) is 24.5 Å². The normalized spacial score (nSPS) is 17.7. The summed E-state index contributed by atoms with van der Waals surface area (Å²) in [4.78, 5) is 18.6. The molecule has 2 heterocycles. The number of halogens is 2. The topological polar surface area (TPSA) is 45.2 Å². The van der Waals surface area contributed by atoms with Crippen LogP contribution in [0.1, 0.15) is 23.3 Å². The Kier molecular flexibility index (Phi) is 4.68. The van der Waals surface area contributed by atoms with Crippen LogP contribution in [0.5, 0.6) is 0 Å². The molecule has 1 N–H and O–H groups in total. The molecule has 0 radical (unpaired) electrons. The first-order valence-electron chi connectivity index (χ1n) is 7.47. The van der Waals surface area contributed by atoms with Crippen LogP contribution in [-0.2, 0) is 0 Å². The second kappa shape index (κ2) is 6.72. The van der Waals surface area contributed by atoms with E-state index in [1.807, 2.05) is 7.05 Å². The van der Waals surface area contributed by atoms with Gasteiger partial charge < -0.3 is 10.2 Å². The molecule has 1 unspecified atom stereocenters. The summed E-state index contributed by atoms with van der Waals surface area (Å²) >= 11 is 1.08. The number of benzene rings is 1. The molecule has 2 aromatic rings. The van der Waals surface area contributed by atoms with Crippen molar-refractivity contribution in [3.05, 3.63) is 40.9 Å². The molecule has 1 aromatic carbocycles. The third-order valence-corrected chi connectivity index (χ3v) is 4.84. The fourth-order valence-electron chi connectivity index (χ4n) is 2.89. The predicted octanol–water partition coefficient (Wildman–Crippen LogP) is 2.91. The number of nitrogens with one attached hydrogen (secondary N) is 1. The Bertz CT molecular complexity index is 699. The first kappa shape index (κ1) is 16.0. The zero-order valence-corrected chi connectivity index (χ0v) is 13.5. The predicted molar refractivity (Wildman–Crippen MR) is 85.5 cm³/mol. The highest BCUT2D eigenvalue weighted by atomic mass is 32.1. The summed E-state index contributed by atoms with van der Waals surface area (Å²) in [6.45, 7) is 1.41. The van der Waals surface area contributed by atoms with Crippen molar-refractivity contribution in [1.82, 2.24) is 15.2 Å². The van der Waals surface area contributed by atoms with E-state index in [-0.39, 0.29) is 28.2 Å². The van der Waals surface area contributed by atoms with Crippen LogP contribution in [0.25, 0.3) is 10.6 Å². The largest absolute Gasteiger partial charge is 0.333 e. The Balaban J connectivity index is 1.86. The summed E-state index contributed by atoms with van der Waals surface area (Å²) in [5, 5.41) is 4.84. The van der Waals surface area contributed by atoms with E-state index in [1.165, 1.54) is 18.2 Å². The molecule has 1 aliphatic heterocycles. The third-order valence-electron chi connectivity index (χ3n) is 3.98. The van der Waals surface area contributed by atoms with Crippen LogP contribution in [-0.4, -0.2) is 42.0 Å². The fraction of sp³-hybridized carbons (Fsp3) is 0.375. The second-order valence-corrected chi connectivity index (χ2v) is 6.34. The first-order valence-corrected chi connectivity index (χ1v) is 8.35. The van der Waals surface area contributed by atoms with Gasteiger partial charge in [-0.05, 0) is 32.0 Å². The Morgan fingerprint density at radius 2 is 2.17 bits per heavy atom. The number of hydrogen-bond acceptors (Lipinski definition) is 4. The Morgan fingerprint density at radius 3 is 2.87 bits per heavy atom. The van der Waals surface area contributed by atoms with E-state index in [0.717, 1.165) is 30.7 Å². The first-order chi connectivity index (χ1) is 11.1. The molecular weight excluding hydrogens is 320 g/mol. The lowest BCUT2D eigenvalue weighted by Gasteiger charge is -2.23. The molecule has 4 nitrogen and oxygen atoms in total. The van der Waals surface area contributed by atoms with Gasteiger partial charge in [-0.25, -0.2) is 13.8 Å². The van der Waals surface area contributed by atoms with E-state index in [0.29, 0.717) is 6.54 Å². The standard InChI is InChI=1S/C16H17F2N3OS/c1-19-8-10-4-3-7-21(10)16(22)13-9-23-15(20-13)14-11(17)5-2-6-12(14)18/h2,5-6,9-10,19H,3-4,7-8H2,1H3. The molecule has 23 heavy (non-hydrogen) atoms. The van der Waals surface area contributed by atoms with Gasteiger partial charge in [0.2, 0.25) is 0 Å². The molecule has 0 bridgehead atoms. The van der Waals surface area contributed by atoms with Gasteiger partial charge in [-0.2, -0.15) is 0 Å². The fourth-order valence-corrected chi connectivity index (χ4v) is 3.73. The molecule has 1 saturated heterocycles. The van der Waals surface area contributed by atoms with Crippen molar-refractivity contribution in [2.24, 2.45) is 0 Å². The average Bonchev–Trinajstić information content (AvgIpc) is 3.16. The minimum Gasteiger partial charge on any atom is -0.333 e. The van der Waals surface area contributed by atoms with Gasteiger partial charge in [-0.15, -0.1) is 11.3 Å². The number of rotatable bonds is 4. The van der Waals surface area contributed by atoms with E-state index >= 15 is 0 Å². The van der Waals surface area contributed by atoms with Crippen LogP contribution in [0.3, 0.4) is 0 Å². The molecule has 1 amide bonds. The number of likely N-dealkylation sites (tertiary alicyclic amines) is 1. The van der Waals surface area contributed by atoms with Gasteiger partial charge in [-0.3, -0.25) is 4.79 Å². The summed E-state index contributed by atoms with van der Waals surface area (Å²) < 4.78 is 27.7. The molecule has 0 aliphatic carbocycles. The zero-order valence-electron chi connectivity index (χ0n) is 12.7. The summed E-state index contributed by atoms with van der Waals surface area (Å²) in [6.07, 6.45) is 1.91. The van der Waals surface area contributed by atoms with E-state index in [1.54, 1.807) is 10.3 Å². The molecular formula is C16H17F2N3OS. The highest BCUT2D eigenvalue weighted by molar-refractivity contribution is 7.13. The maximum Gasteiger partial charge on any atom is 0.273 e. The van der Waals surface area contributed by atoms with Crippen molar-refractivity contribution >= 4 is 17.2 Å². The lowest BCUT2D eigenvalue weighted by atomic mass is 10.2. The third kappa shape index (κ3) is 3.11. The lowest BCUT2D eigenvalue weighted by Crippen LogP contribution is -2.40. The molecule has 122 valence electrons. The molecule has 0 saturated carbocycles. The number of carbonyl (C=O) groups excluding carboxylic acids is 1. The van der Waals surface area contributed by atoms with Crippen molar-refractivity contribution < 1.29 is 13.6 Å². The lowest BCUT2D eigenvalue weighted by molar-refractivity contribution is 0.0732. The van der Waals surface area contributed by atoms with Gasteiger partial charge in [0.25, 0.3) is 5.91 Å². The van der Waals surface area contributed by atoms with Crippen LogP contribution in [0, 0.1) is 11.6 Å². The Hall–Kier alpha value is -1.86. The molecule has 3 rings (SSSR count). The highest BCUT2D eigenvalue weighted by Crippen LogP contribution is 2.30. The number of likely N-dealkylation sites (N-methyl/N-ethyl adjacent to an activating group) is 1. The minimum atomic E-state index is -0.674. The van der Waals surface area contributed by atoms with Crippen molar-refractivity contribution in [3.8, 4) is 10.6 Å². The Labute approximate surface area is 137 Å². The highest BCUT2D eigenvalue weighted by Gasteiger charge is 2.30. The van der Waals surface area contributed by atoms with Gasteiger partial charge >= 0.3 is 0 Å². The van der Waals surface area contributed by atoms with E-state index in [2.05, 4.69) is 10.3 Å². The van der Waals surface area contributed by atoms with Gasteiger partial charge in [0.15, 0.2) is 0 Å². The van der Waals surface area contributed by atoms with Crippen molar-refractivity contribution in [3.63, 3.8) is 0 Å². The van der Waals surface area contributed by atoms with Crippen LogP contribution in [0.4, 0.5) is 8.78 Å². The Morgan fingerprint density at radius 1 is 1.43 bits per heavy atom. The zero-order chi connectivity index (χ0) is 16.4. The number of aromatic nitrogens is 1. The summed E-state index contributed by atoms with van der Waals surface area (Å²) in [6, 6.07) is 3.82. The number of thiazole rings is 1. The molecule has 1 aliphatic rings. The van der Waals surface area contributed by atoms with Gasteiger partial charge in [-0.1, -0.05) is 6.07 Å². The van der Waals surface area contributed by atoms with Gasteiger partial charge in [0.1, 0.15) is 22.3 Å². The van der Waals surface area contributed by atoms with Crippen molar-refractivity contribution in [2.75, 3.05) is 20.1 Å². The average molecular weight is 337 g/mol. The van der Waals surface area contributed by atoms with E-state index < -0.39 is 11.6 Å². The summed E-state index contributed by atoms with van der Waals surface area (Å²) in [5.41, 5.74) is 0.0698. The molecule has 0 spiro atoms. The number of hydrogen-bond donors (Lipinski definition) is 1. The quantitative estimate of drug-likeness (QED) is 0.933. The number of amides is 1. The van der Waals surface area contributed by atoms with Crippen LogP contribution >= 0.6 is 11.3 Å². The molecule has 1 atom stereocenters. The second-order valence-electron chi connectivity index (χ2n) is 5.49. The molecule has 1 aromatic heterocycles. The number of carbonyl (C=O) groups is 1. The molecule has 7 heteroatoms. The van der Waals surface area contributed by atoms with Crippen molar-refractivity contribution in [2.45, 2.75) is 18.9 Å². The van der Waals surface area contributed by atoms with Crippen LogP contribution in [0.15, 0.2) is 23.6 Å². The monoisotopic (exact) mass is 337 g/mol. The van der Waals surface area contributed by atoms with E-state index in [4.69, 9.17) is 0 Å². The summed E-state index contributed by atoms with van der Waals surface area (Å²) in [5.74, 6) is -1.53. The smallest absolute Gasteiger partial charge is 0.273 e.